The van der Waals surface area contributed by atoms with Gasteiger partial charge in [0, 0.05) is 10.7 Å². The molecule has 0 aromatic carbocycles. The van der Waals surface area contributed by atoms with Gasteiger partial charge in [-0.2, -0.15) is 0 Å². The molecule has 5 heteroatoms. The highest BCUT2D eigenvalue weighted by atomic mass is 79.9. The summed E-state index contributed by atoms with van der Waals surface area (Å²) in [5.41, 5.74) is 0.661. The summed E-state index contributed by atoms with van der Waals surface area (Å²) in [5.74, 6) is 0. The maximum Gasteiger partial charge on any atom is 0.216 e. The number of nitrogens with zero attached hydrogens (tertiary/aromatic N) is 2. The first-order chi connectivity index (χ1) is 6.26. The highest BCUT2D eigenvalue weighted by Crippen LogP contribution is 2.09. The van der Waals surface area contributed by atoms with Crippen LogP contribution in [0.3, 0.4) is 0 Å². The number of hydrogen-bond acceptors (Lipinski definition) is 3. The monoisotopic (exact) mass is 242 g/mol. The summed E-state index contributed by atoms with van der Waals surface area (Å²) in [6.45, 7) is 0.201. The summed E-state index contributed by atoms with van der Waals surface area (Å²) in [6, 6.07) is 3.52. The van der Waals surface area contributed by atoms with Crippen molar-refractivity contribution in [1.82, 2.24) is 9.88 Å². The molecule has 0 unspecified atom stereocenters. The Morgan fingerprint density at radius 2 is 2.15 bits per heavy atom. The first-order valence-electron chi connectivity index (χ1n) is 3.53. The standard InChI is InChI=1S/C8H7BrN2O2/c9-7-1-2-10-8(3-7)4-11(5-12)6-13/h1-3,5-6H,4H2. The number of aromatic nitrogens is 1. The third-order valence-electron chi connectivity index (χ3n) is 1.39. The van der Waals surface area contributed by atoms with E-state index in [9.17, 15) is 9.59 Å². The van der Waals surface area contributed by atoms with Gasteiger partial charge in [-0.25, -0.2) is 0 Å². The van der Waals surface area contributed by atoms with Crippen molar-refractivity contribution in [3.8, 4) is 0 Å². The van der Waals surface area contributed by atoms with Crippen LogP contribution in [0.5, 0.6) is 0 Å². The molecule has 2 amide bonds. The third-order valence-corrected chi connectivity index (χ3v) is 1.89. The van der Waals surface area contributed by atoms with Gasteiger partial charge in [0.25, 0.3) is 0 Å². The van der Waals surface area contributed by atoms with E-state index in [-0.39, 0.29) is 6.54 Å². The summed E-state index contributed by atoms with van der Waals surface area (Å²) >= 11 is 3.26. The predicted molar refractivity (Wildman–Crippen MR) is 49.6 cm³/mol. The van der Waals surface area contributed by atoms with Crippen molar-refractivity contribution < 1.29 is 9.59 Å². The molecule has 0 aliphatic heterocycles. The van der Waals surface area contributed by atoms with Crippen LogP contribution in [0, 0.1) is 0 Å². The average Bonchev–Trinajstić information content (AvgIpc) is 2.14. The van der Waals surface area contributed by atoms with E-state index in [4.69, 9.17) is 0 Å². The van der Waals surface area contributed by atoms with Crippen LogP contribution in [-0.4, -0.2) is 22.7 Å². The lowest BCUT2D eigenvalue weighted by Crippen LogP contribution is -2.19. The second-order valence-corrected chi connectivity index (χ2v) is 3.26. The molecule has 0 N–H and O–H groups in total. The van der Waals surface area contributed by atoms with Gasteiger partial charge >= 0.3 is 0 Å². The minimum absolute atomic E-state index is 0.201. The molecule has 1 rings (SSSR count). The fraction of sp³-hybridized carbons (Fsp3) is 0.125. The van der Waals surface area contributed by atoms with Gasteiger partial charge in [-0.05, 0) is 12.1 Å². The number of rotatable bonds is 4. The number of carbonyl (C=O) groups is 2. The van der Waals surface area contributed by atoms with E-state index in [1.807, 2.05) is 0 Å². The molecule has 1 aromatic heterocycles. The Balaban J connectivity index is 2.73. The molecule has 0 atom stereocenters. The van der Waals surface area contributed by atoms with Gasteiger partial charge in [-0.15, -0.1) is 0 Å². The molecule has 0 bridgehead atoms. The van der Waals surface area contributed by atoms with Gasteiger partial charge in [0.05, 0.1) is 12.2 Å². The van der Waals surface area contributed by atoms with Crippen molar-refractivity contribution in [3.05, 3.63) is 28.5 Å². The molecular weight excluding hydrogens is 236 g/mol. The second-order valence-electron chi connectivity index (χ2n) is 2.35. The topological polar surface area (TPSA) is 50.3 Å². The fourth-order valence-electron chi connectivity index (χ4n) is 0.822. The Labute approximate surface area is 83.7 Å². The van der Waals surface area contributed by atoms with E-state index in [0.29, 0.717) is 18.5 Å². The van der Waals surface area contributed by atoms with Gasteiger partial charge in [0.1, 0.15) is 0 Å². The van der Waals surface area contributed by atoms with E-state index in [2.05, 4.69) is 20.9 Å². The lowest BCUT2D eigenvalue weighted by Gasteiger charge is -2.07. The first kappa shape index (κ1) is 9.85. The number of halogens is 1. The minimum atomic E-state index is 0.201. The molecule has 1 heterocycles. The van der Waals surface area contributed by atoms with Gasteiger partial charge in [-0.1, -0.05) is 15.9 Å². The van der Waals surface area contributed by atoms with Crippen molar-refractivity contribution in [2.24, 2.45) is 0 Å². The number of carbonyl (C=O) groups excluding carboxylic acids is 2. The molecular formula is C8H7BrN2O2. The van der Waals surface area contributed by atoms with Crippen LogP contribution in [0.25, 0.3) is 0 Å². The quantitative estimate of drug-likeness (QED) is 0.740. The lowest BCUT2D eigenvalue weighted by atomic mass is 10.3. The van der Waals surface area contributed by atoms with E-state index >= 15 is 0 Å². The van der Waals surface area contributed by atoms with Crippen LogP contribution in [0.1, 0.15) is 5.69 Å². The molecule has 0 radical (unpaired) electrons. The SMILES string of the molecule is O=CN(C=O)Cc1cc(Br)ccn1. The van der Waals surface area contributed by atoms with Crippen molar-refractivity contribution in [3.63, 3.8) is 0 Å². The lowest BCUT2D eigenvalue weighted by molar-refractivity contribution is -0.129. The first-order valence-corrected chi connectivity index (χ1v) is 4.32. The minimum Gasteiger partial charge on any atom is -0.282 e. The molecule has 0 saturated carbocycles. The zero-order valence-electron chi connectivity index (χ0n) is 6.68. The van der Waals surface area contributed by atoms with Gasteiger partial charge in [0.15, 0.2) is 0 Å². The van der Waals surface area contributed by atoms with Gasteiger partial charge in [0.2, 0.25) is 12.8 Å². The number of pyridine rings is 1. The Morgan fingerprint density at radius 3 is 2.69 bits per heavy atom. The van der Waals surface area contributed by atoms with Gasteiger partial charge < -0.3 is 0 Å². The van der Waals surface area contributed by atoms with E-state index < -0.39 is 0 Å². The second kappa shape index (κ2) is 4.71. The largest absolute Gasteiger partial charge is 0.282 e. The summed E-state index contributed by atoms with van der Waals surface area (Å²) in [7, 11) is 0. The van der Waals surface area contributed by atoms with E-state index in [1.165, 1.54) is 0 Å². The maximum atomic E-state index is 10.3. The smallest absolute Gasteiger partial charge is 0.216 e. The Morgan fingerprint density at radius 1 is 1.46 bits per heavy atom. The predicted octanol–water partition coefficient (Wildman–Crippen LogP) is 0.959. The highest BCUT2D eigenvalue weighted by molar-refractivity contribution is 9.10. The molecule has 0 aliphatic rings. The highest BCUT2D eigenvalue weighted by Gasteiger charge is 2.01. The van der Waals surface area contributed by atoms with Crippen LogP contribution in [0.15, 0.2) is 22.8 Å². The number of hydrogen-bond donors (Lipinski definition) is 0. The molecule has 0 saturated heterocycles. The number of imide groups is 1. The van der Waals surface area contributed by atoms with Crippen LogP contribution in [0.4, 0.5) is 0 Å². The zero-order valence-corrected chi connectivity index (χ0v) is 8.27. The molecule has 68 valence electrons. The van der Waals surface area contributed by atoms with Crippen LogP contribution in [-0.2, 0) is 16.1 Å². The van der Waals surface area contributed by atoms with Crippen LogP contribution in [0.2, 0.25) is 0 Å². The molecule has 0 fully saturated rings. The summed E-state index contributed by atoms with van der Waals surface area (Å²) in [6.07, 6.45) is 2.54. The van der Waals surface area contributed by atoms with E-state index in [0.717, 1.165) is 9.37 Å². The maximum absolute atomic E-state index is 10.3. The molecule has 0 spiro atoms. The zero-order chi connectivity index (χ0) is 9.68. The van der Waals surface area contributed by atoms with Crippen molar-refractivity contribution >= 4 is 28.8 Å². The van der Waals surface area contributed by atoms with Gasteiger partial charge in [-0.3, -0.25) is 19.5 Å². The van der Waals surface area contributed by atoms with Crippen LogP contribution >= 0.6 is 15.9 Å². The van der Waals surface area contributed by atoms with Crippen molar-refractivity contribution in [2.45, 2.75) is 6.54 Å². The normalized spacial score (nSPS) is 9.31. The summed E-state index contributed by atoms with van der Waals surface area (Å²) in [5, 5.41) is 0. The van der Waals surface area contributed by atoms with E-state index in [1.54, 1.807) is 18.3 Å². The third kappa shape index (κ3) is 2.95. The molecule has 1 aromatic rings. The molecule has 13 heavy (non-hydrogen) atoms. The fourth-order valence-corrected chi connectivity index (χ4v) is 1.20. The average molecular weight is 243 g/mol. The molecule has 0 aliphatic carbocycles. The Kier molecular flexibility index (Phi) is 3.57. The van der Waals surface area contributed by atoms with Crippen molar-refractivity contribution in [2.75, 3.05) is 0 Å². The summed E-state index contributed by atoms with van der Waals surface area (Å²) in [4.78, 5) is 25.5. The van der Waals surface area contributed by atoms with Crippen molar-refractivity contribution in [1.29, 1.82) is 0 Å². The Bertz CT molecular complexity index is 309. The van der Waals surface area contributed by atoms with Crippen LogP contribution < -0.4 is 0 Å². The number of amides is 2. The summed E-state index contributed by atoms with van der Waals surface area (Å²) < 4.78 is 0.870. The molecule has 4 nitrogen and oxygen atoms in total. The Hall–Kier alpha value is -1.23.